The van der Waals surface area contributed by atoms with Crippen molar-refractivity contribution >= 4 is 21.8 Å². The number of hydrogen-bond donors (Lipinski definition) is 1. The number of amides is 2. The molecule has 1 saturated heterocycles. The predicted molar refractivity (Wildman–Crippen MR) is 105 cm³/mol. The minimum atomic E-state index is -3.85. The van der Waals surface area contributed by atoms with Crippen LogP contribution < -0.4 is 5.32 Å². The third-order valence-electron chi connectivity index (χ3n) is 4.72. The smallest absolute Gasteiger partial charge is 0.251 e. The fourth-order valence-electron chi connectivity index (χ4n) is 3.07. The molecule has 156 valence electrons. The van der Waals surface area contributed by atoms with E-state index in [1.54, 1.807) is 12.1 Å². The number of carbonyl (C=O) groups is 2. The molecular formula is C20H19FN4O4S. The predicted octanol–water partition coefficient (Wildman–Crippen LogP) is 0.960. The van der Waals surface area contributed by atoms with Crippen molar-refractivity contribution in [2.45, 2.75) is 4.90 Å². The van der Waals surface area contributed by atoms with Crippen molar-refractivity contribution in [3.05, 3.63) is 65.5 Å². The quantitative estimate of drug-likeness (QED) is 0.760. The van der Waals surface area contributed by atoms with Crippen LogP contribution in [-0.4, -0.2) is 62.2 Å². The second-order valence-corrected chi connectivity index (χ2v) is 8.49. The van der Waals surface area contributed by atoms with Crippen LogP contribution in [0.4, 0.5) is 4.39 Å². The fourth-order valence-corrected chi connectivity index (χ4v) is 4.64. The summed E-state index contributed by atoms with van der Waals surface area (Å²) in [5.74, 6) is -1.31. The third kappa shape index (κ3) is 4.64. The van der Waals surface area contributed by atoms with Gasteiger partial charge in [0.15, 0.2) is 0 Å². The molecule has 0 aromatic heterocycles. The Bertz CT molecular complexity index is 1090. The van der Waals surface area contributed by atoms with E-state index in [9.17, 15) is 22.4 Å². The number of nitrogens with zero attached hydrogens (tertiary/aromatic N) is 3. The summed E-state index contributed by atoms with van der Waals surface area (Å²) in [4.78, 5) is 25.8. The number of benzene rings is 2. The average Bonchev–Trinajstić information content (AvgIpc) is 2.77. The van der Waals surface area contributed by atoms with Gasteiger partial charge in [0.1, 0.15) is 11.9 Å². The molecule has 3 rings (SSSR count). The largest absolute Gasteiger partial charge is 0.343 e. The van der Waals surface area contributed by atoms with Gasteiger partial charge in [0.05, 0.1) is 17.0 Å². The molecule has 0 aliphatic carbocycles. The Labute approximate surface area is 173 Å². The number of rotatable bonds is 5. The maximum Gasteiger partial charge on any atom is 0.251 e. The van der Waals surface area contributed by atoms with Crippen LogP contribution in [0.15, 0.2) is 53.4 Å². The molecule has 30 heavy (non-hydrogen) atoms. The van der Waals surface area contributed by atoms with Crippen LogP contribution in [0, 0.1) is 17.1 Å². The number of hydrogen-bond acceptors (Lipinski definition) is 5. The summed E-state index contributed by atoms with van der Waals surface area (Å²) < 4.78 is 39.8. The van der Waals surface area contributed by atoms with Gasteiger partial charge >= 0.3 is 0 Å². The Hall–Kier alpha value is -3.29. The first-order chi connectivity index (χ1) is 14.3. The van der Waals surface area contributed by atoms with Gasteiger partial charge < -0.3 is 10.2 Å². The summed E-state index contributed by atoms with van der Waals surface area (Å²) in [5, 5.41) is 11.6. The van der Waals surface area contributed by atoms with E-state index in [1.807, 2.05) is 6.07 Å². The lowest BCUT2D eigenvalue weighted by Gasteiger charge is -2.34. The molecule has 0 bridgehead atoms. The lowest BCUT2D eigenvalue weighted by Crippen LogP contribution is -2.52. The number of carbonyl (C=O) groups excluding carboxylic acids is 2. The summed E-state index contributed by atoms with van der Waals surface area (Å²) in [5.41, 5.74) is 0.302. The van der Waals surface area contributed by atoms with Crippen molar-refractivity contribution in [2.24, 2.45) is 0 Å². The van der Waals surface area contributed by atoms with Crippen LogP contribution in [-0.2, 0) is 14.8 Å². The number of sulfonamides is 1. The fraction of sp³-hybridized carbons (Fsp3) is 0.250. The van der Waals surface area contributed by atoms with Gasteiger partial charge in [-0.2, -0.15) is 9.57 Å². The molecule has 8 nitrogen and oxygen atoms in total. The van der Waals surface area contributed by atoms with Gasteiger partial charge in [0.2, 0.25) is 15.9 Å². The summed E-state index contributed by atoms with van der Waals surface area (Å²) in [6.45, 7) is 0.248. The normalized spacial score (nSPS) is 14.7. The van der Waals surface area contributed by atoms with Crippen molar-refractivity contribution in [1.82, 2.24) is 14.5 Å². The first kappa shape index (κ1) is 21.4. The number of nitrogens with one attached hydrogen (secondary N) is 1. The molecule has 2 amide bonds. The van der Waals surface area contributed by atoms with E-state index in [1.165, 1.54) is 33.5 Å². The highest BCUT2D eigenvalue weighted by Crippen LogP contribution is 2.21. The molecule has 0 unspecified atom stereocenters. The molecule has 10 heteroatoms. The van der Waals surface area contributed by atoms with E-state index in [0.29, 0.717) is 0 Å². The van der Waals surface area contributed by atoms with Crippen LogP contribution in [0.25, 0.3) is 0 Å². The molecule has 1 aliphatic rings. The first-order valence-corrected chi connectivity index (χ1v) is 10.6. The topological polar surface area (TPSA) is 111 Å². The van der Waals surface area contributed by atoms with Crippen molar-refractivity contribution in [1.29, 1.82) is 5.26 Å². The van der Waals surface area contributed by atoms with E-state index in [-0.39, 0.29) is 54.7 Å². The second kappa shape index (κ2) is 9.02. The summed E-state index contributed by atoms with van der Waals surface area (Å²) >= 11 is 0. The van der Waals surface area contributed by atoms with Gasteiger partial charge in [0.25, 0.3) is 5.91 Å². The van der Waals surface area contributed by atoms with Crippen LogP contribution in [0.1, 0.15) is 15.9 Å². The average molecular weight is 430 g/mol. The number of halogens is 1. The van der Waals surface area contributed by atoms with Crippen LogP contribution in [0.5, 0.6) is 0 Å². The van der Waals surface area contributed by atoms with E-state index in [2.05, 4.69) is 5.32 Å². The minimum Gasteiger partial charge on any atom is -0.343 e. The standard InChI is InChI=1S/C20H19FN4O4S/c21-17-7-5-15(6-8-17)20(27)23-14-19(26)24-9-11-25(12-10-24)30(28,29)18-4-2-1-3-16(18)13-22/h1-8H,9-12,14H2,(H,23,27). The van der Waals surface area contributed by atoms with E-state index in [0.717, 1.165) is 12.1 Å². The highest BCUT2D eigenvalue weighted by molar-refractivity contribution is 7.89. The second-order valence-electron chi connectivity index (χ2n) is 6.58. The van der Waals surface area contributed by atoms with Crippen LogP contribution >= 0.6 is 0 Å². The molecule has 0 spiro atoms. The maximum absolute atomic E-state index is 12.9. The van der Waals surface area contributed by atoms with Gasteiger partial charge in [-0.25, -0.2) is 12.8 Å². The van der Waals surface area contributed by atoms with Crippen molar-refractivity contribution < 1.29 is 22.4 Å². The molecule has 2 aromatic carbocycles. The van der Waals surface area contributed by atoms with Gasteiger partial charge in [-0.1, -0.05) is 12.1 Å². The first-order valence-electron chi connectivity index (χ1n) is 9.14. The monoisotopic (exact) mass is 430 g/mol. The summed E-state index contributed by atoms with van der Waals surface area (Å²) in [6.07, 6.45) is 0. The molecule has 1 aliphatic heterocycles. The van der Waals surface area contributed by atoms with Crippen LogP contribution in [0.2, 0.25) is 0 Å². The lowest BCUT2D eigenvalue weighted by molar-refractivity contribution is -0.131. The van der Waals surface area contributed by atoms with Gasteiger partial charge in [-0.05, 0) is 36.4 Å². The molecule has 1 N–H and O–H groups in total. The maximum atomic E-state index is 12.9. The zero-order valence-corrected chi connectivity index (χ0v) is 16.7. The third-order valence-corrected chi connectivity index (χ3v) is 6.68. The highest BCUT2D eigenvalue weighted by Gasteiger charge is 2.31. The van der Waals surface area contributed by atoms with Crippen molar-refractivity contribution in [3.8, 4) is 6.07 Å². The van der Waals surface area contributed by atoms with E-state index < -0.39 is 21.7 Å². The molecule has 1 heterocycles. The lowest BCUT2D eigenvalue weighted by atomic mass is 10.2. The van der Waals surface area contributed by atoms with Crippen LogP contribution in [0.3, 0.4) is 0 Å². The summed E-state index contributed by atoms with van der Waals surface area (Å²) in [6, 6.07) is 12.8. The Balaban J connectivity index is 1.56. The molecule has 2 aromatic rings. The Morgan fingerprint density at radius 1 is 1.03 bits per heavy atom. The zero-order valence-electron chi connectivity index (χ0n) is 15.9. The van der Waals surface area contributed by atoms with Crippen molar-refractivity contribution in [2.75, 3.05) is 32.7 Å². The number of nitriles is 1. The SMILES string of the molecule is N#Cc1ccccc1S(=O)(=O)N1CCN(C(=O)CNC(=O)c2ccc(F)cc2)CC1. The van der Waals surface area contributed by atoms with Gasteiger partial charge in [-0.3, -0.25) is 9.59 Å². The Kier molecular flexibility index (Phi) is 6.44. The molecular weight excluding hydrogens is 411 g/mol. The van der Waals surface area contributed by atoms with Gasteiger partial charge in [0, 0.05) is 31.7 Å². The molecule has 0 radical (unpaired) electrons. The highest BCUT2D eigenvalue weighted by atomic mass is 32.2. The summed E-state index contributed by atoms with van der Waals surface area (Å²) in [7, 11) is -3.85. The molecule has 0 saturated carbocycles. The number of piperazine rings is 1. The van der Waals surface area contributed by atoms with Crippen molar-refractivity contribution in [3.63, 3.8) is 0 Å². The van der Waals surface area contributed by atoms with E-state index in [4.69, 9.17) is 5.26 Å². The minimum absolute atomic E-state index is 0.0566. The Morgan fingerprint density at radius 3 is 2.30 bits per heavy atom. The molecule has 1 fully saturated rings. The Morgan fingerprint density at radius 2 is 1.67 bits per heavy atom. The molecule has 0 atom stereocenters. The zero-order chi connectivity index (χ0) is 21.7. The van der Waals surface area contributed by atoms with E-state index >= 15 is 0 Å². The van der Waals surface area contributed by atoms with Gasteiger partial charge in [-0.15, -0.1) is 0 Å².